The zero-order chi connectivity index (χ0) is 32.9. The third-order valence-corrected chi connectivity index (χ3v) is 9.04. The van der Waals surface area contributed by atoms with Gasteiger partial charge in [0.15, 0.2) is 5.60 Å². The zero-order valence-electron chi connectivity index (χ0n) is 27.7. The number of benzene rings is 1. The van der Waals surface area contributed by atoms with E-state index in [2.05, 4.69) is 26.7 Å². The first-order valence-corrected chi connectivity index (χ1v) is 16.2. The van der Waals surface area contributed by atoms with Crippen molar-refractivity contribution in [1.29, 1.82) is 0 Å². The fraction of sp³-hybridized carbons (Fsp3) is 0.514. The van der Waals surface area contributed by atoms with E-state index in [1.807, 2.05) is 44.3 Å². The molecule has 2 aliphatic carbocycles. The SMILES string of the molecule is CCCCC(=O)NC[C@H](O)[C@@H](O)[C@@H](O)[C@](O)(CO)c1ccc(C)c(CNC2(c3cnccc3-c3ccccc3OC3CC3)CC2)n1.Cl.Cl.Cl. The van der Waals surface area contributed by atoms with Gasteiger partial charge in [0.2, 0.25) is 5.91 Å². The summed E-state index contributed by atoms with van der Waals surface area (Å²) in [6.07, 6.45) is 4.15. The van der Waals surface area contributed by atoms with Crippen LogP contribution in [0.2, 0.25) is 0 Å². The van der Waals surface area contributed by atoms with Gasteiger partial charge in [-0.25, -0.2) is 0 Å². The summed E-state index contributed by atoms with van der Waals surface area (Å²) in [6.45, 7) is 2.86. The predicted molar refractivity (Wildman–Crippen MR) is 193 cm³/mol. The minimum Gasteiger partial charge on any atom is -0.490 e. The molecule has 0 saturated heterocycles. The zero-order valence-corrected chi connectivity index (χ0v) is 30.2. The number of aryl methyl sites for hydroxylation is 1. The average Bonchev–Trinajstić information content (AvgIpc) is 4.02. The van der Waals surface area contributed by atoms with E-state index in [9.17, 15) is 30.3 Å². The Bertz CT molecular complexity index is 1510. The molecule has 2 aromatic heterocycles. The van der Waals surface area contributed by atoms with Crippen LogP contribution in [0.25, 0.3) is 11.1 Å². The molecule has 0 spiro atoms. The van der Waals surface area contributed by atoms with E-state index < -0.39 is 30.5 Å². The van der Waals surface area contributed by atoms with E-state index >= 15 is 0 Å². The van der Waals surface area contributed by atoms with Crippen LogP contribution in [0, 0.1) is 6.92 Å². The molecule has 7 N–H and O–H groups in total. The van der Waals surface area contributed by atoms with Crippen molar-refractivity contribution in [2.75, 3.05) is 13.2 Å². The van der Waals surface area contributed by atoms with Crippen LogP contribution in [0.3, 0.4) is 0 Å². The molecule has 272 valence electrons. The van der Waals surface area contributed by atoms with Crippen molar-refractivity contribution in [3.63, 3.8) is 0 Å². The van der Waals surface area contributed by atoms with Gasteiger partial charge in [0.25, 0.3) is 0 Å². The molecule has 14 heteroatoms. The Morgan fingerprint density at radius 1 is 1.06 bits per heavy atom. The highest BCUT2D eigenvalue weighted by Crippen LogP contribution is 2.50. The molecule has 0 radical (unpaired) electrons. The van der Waals surface area contributed by atoms with Crippen LogP contribution in [-0.2, 0) is 22.5 Å². The van der Waals surface area contributed by atoms with E-state index in [-0.39, 0.29) is 73.4 Å². The van der Waals surface area contributed by atoms with Crippen LogP contribution < -0.4 is 15.4 Å². The number of nitrogens with zero attached hydrogens (tertiary/aromatic N) is 2. The third-order valence-electron chi connectivity index (χ3n) is 9.04. The van der Waals surface area contributed by atoms with Crippen molar-refractivity contribution in [3.05, 3.63) is 77.4 Å². The highest BCUT2D eigenvalue weighted by molar-refractivity contribution is 5.86. The number of ether oxygens (including phenoxy) is 1. The maximum Gasteiger partial charge on any atom is 0.220 e. The molecule has 49 heavy (non-hydrogen) atoms. The fourth-order valence-electron chi connectivity index (χ4n) is 5.66. The quantitative estimate of drug-likeness (QED) is 0.108. The average molecular weight is 744 g/mol. The number of carbonyl (C=O) groups excluding carboxylic acids is 1. The Morgan fingerprint density at radius 3 is 2.43 bits per heavy atom. The summed E-state index contributed by atoms with van der Waals surface area (Å²) < 4.78 is 6.22. The maximum absolute atomic E-state index is 11.9. The van der Waals surface area contributed by atoms with Gasteiger partial charge in [0, 0.05) is 43.0 Å². The number of carbonyl (C=O) groups is 1. The van der Waals surface area contributed by atoms with Crippen LogP contribution in [0.4, 0.5) is 0 Å². The molecule has 2 saturated carbocycles. The molecule has 5 rings (SSSR count). The lowest BCUT2D eigenvalue weighted by molar-refractivity contribution is -0.174. The lowest BCUT2D eigenvalue weighted by Gasteiger charge is -2.35. The summed E-state index contributed by atoms with van der Waals surface area (Å²) in [5.74, 6) is 0.562. The molecule has 1 amide bonds. The molecule has 2 heterocycles. The third kappa shape index (κ3) is 10.0. The predicted octanol–water partition coefficient (Wildman–Crippen LogP) is 3.61. The first-order chi connectivity index (χ1) is 22.1. The Balaban J connectivity index is 0.00000278. The number of halogens is 3. The highest BCUT2D eigenvalue weighted by Gasteiger charge is 2.47. The summed E-state index contributed by atoms with van der Waals surface area (Å²) >= 11 is 0. The molecule has 4 atom stereocenters. The lowest BCUT2D eigenvalue weighted by atomic mass is 9.87. The second kappa shape index (κ2) is 18.6. The van der Waals surface area contributed by atoms with Crippen molar-refractivity contribution >= 4 is 43.1 Å². The second-order valence-electron chi connectivity index (χ2n) is 12.6. The number of nitrogens with one attached hydrogen (secondary N) is 2. The molecule has 0 aliphatic heterocycles. The lowest BCUT2D eigenvalue weighted by Crippen LogP contribution is -2.55. The van der Waals surface area contributed by atoms with E-state index in [1.54, 1.807) is 12.3 Å². The Morgan fingerprint density at radius 2 is 1.78 bits per heavy atom. The number of unbranched alkanes of at least 4 members (excludes halogenated alkanes) is 1. The summed E-state index contributed by atoms with van der Waals surface area (Å²) in [5.41, 5.74) is 1.73. The van der Waals surface area contributed by atoms with Crippen LogP contribution in [0.15, 0.2) is 54.9 Å². The summed E-state index contributed by atoms with van der Waals surface area (Å²) in [5, 5.41) is 59.9. The van der Waals surface area contributed by atoms with E-state index in [1.165, 1.54) is 6.07 Å². The van der Waals surface area contributed by atoms with Gasteiger partial charge in [0.05, 0.1) is 30.2 Å². The number of hydrogen-bond donors (Lipinski definition) is 7. The standard InChI is InChI=1S/C35H46N4O7.3ClH/c1-3-4-9-31(42)37-20-28(41)32(43)33(44)35(45,21-40)30-13-10-22(2)27(39-30)19-38-34(15-16-34)26-18-36-17-14-24(26)25-7-5-6-8-29(25)46-23-11-12-23;;;/h5-8,10,13-14,17-18,23,28,32-33,38,40-41,43-45H,3-4,9,11-12,15-16,19-21H2,1-2H3,(H,37,42);3*1H/t28-,32+,33+,35-;;;/m0.../s1. The van der Waals surface area contributed by atoms with E-state index in [0.29, 0.717) is 18.7 Å². The molecule has 2 aliphatic rings. The number of aromatic nitrogens is 2. The molecule has 11 nitrogen and oxygen atoms in total. The van der Waals surface area contributed by atoms with Crippen molar-refractivity contribution in [1.82, 2.24) is 20.6 Å². The summed E-state index contributed by atoms with van der Waals surface area (Å²) in [4.78, 5) is 21.0. The number of hydrogen-bond acceptors (Lipinski definition) is 10. The summed E-state index contributed by atoms with van der Waals surface area (Å²) in [7, 11) is 0. The molecular formula is C35H49Cl3N4O7. The number of aliphatic hydroxyl groups is 5. The number of aliphatic hydroxyl groups excluding tert-OH is 4. The maximum atomic E-state index is 11.9. The van der Waals surface area contributed by atoms with Gasteiger partial charge >= 0.3 is 0 Å². The molecule has 0 bridgehead atoms. The van der Waals surface area contributed by atoms with Gasteiger partial charge in [0.1, 0.15) is 18.0 Å². The second-order valence-corrected chi connectivity index (χ2v) is 12.6. The minimum atomic E-state index is -2.38. The largest absolute Gasteiger partial charge is 0.490 e. The van der Waals surface area contributed by atoms with Gasteiger partial charge < -0.3 is 40.9 Å². The van der Waals surface area contributed by atoms with Gasteiger partial charge in [-0.1, -0.05) is 37.6 Å². The topological polar surface area (TPSA) is 177 Å². The molecule has 2 fully saturated rings. The molecule has 0 unspecified atom stereocenters. The first-order valence-electron chi connectivity index (χ1n) is 16.2. The van der Waals surface area contributed by atoms with Crippen molar-refractivity contribution in [2.24, 2.45) is 0 Å². The number of rotatable bonds is 17. The smallest absolute Gasteiger partial charge is 0.220 e. The van der Waals surface area contributed by atoms with Crippen LogP contribution >= 0.6 is 37.2 Å². The van der Waals surface area contributed by atoms with Crippen LogP contribution in [0.5, 0.6) is 5.75 Å². The highest BCUT2D eigenvalue weighted by atomic mass is 35.5. The van der Waals surface area contributed by atoms with Crippen LogP contribution in [-0.4, -0.2) is 79.0 Å². The monoisotopic (exact) mass is 742 g/mol. The van der Waals surface area contributed by atoms with Crippen molar-refractivity contribution < 1.29 is 35.1 Å². The first kappa shape index (κ1) is 42.6. The Hall–Kier alpha value is -2.58. The number of para-hydroxylation sites is 1. The van der Waals surface area contributed by atoms with E-state index in [4.69, 9.17) is 4.74 Å². The molecule has 3 aromatic rings. The van der Waals surface area contributed by atoms with Gasteiger partial charge in [-0.3, -0.25) is 14.8 Å². The van der Waals surface area contributed by atoms with Crippen LogP contribution in [0.1, 0.15) is 74.4 Å². The minimum absolute atomic E-state index is 0. The van der Waals surface area contributed by atoms with Gasteiger partial charge in [-0.05, 0) is 73.9 Å². The van der Waals surface area contributed by atoms with Crippen molar-refractivity contribution in [3.8, 4) is 16.9 Å². The van der Waals surface area contributed by atoms with E-state index in [0.717, 1.165) is 60.1 Å². The Kier molecular flexibility index (Phi) is 16.2. The molecule has 1 aromatic carbocycles. The summed E-state index contributed by atoms with van der Waals surface area (Å²) in [6, 6.07) is 13.3. The Labute approximate surface area is 306 Å². The number of pyridine rings is 2. The van der Waals surface area contributed by atoms with Gasteiger partial charge in [-0.15, -0.1) is 37.2 Å². The molecular weight excluding hydrogens is 695 g/mol. The fourth-order valence-corrected chi connectivity index (χ4v) is 5.66. The van der Waals surface area contributed by atoms with Crippen molar-refractivity contribution in [2.45, 2.75) is 101 Å². The number of amides is 1. The normalized spacial score (nSPS) is 17.5. The van der Waals surface area contributed by atoms with Gasteiger partial charge in [-0.2, -0.15) is 0 Å².